The highest BCUT2D eigenvalue weighted by Crippen LogP contribution is 2.25. The molecule has 18 heavy (non-hydrogen) atoms. The van der Waals surface area contributed by atoms with E-state index < -0.39 is 5.60 Å². The Morgan fingerprint density at radius 1 is 1.28 bits per heavy atom. The van der Waals surface area contributed by atoms with Crippen molar-refractivity contribution in [2.75, 3.05) is 12.3 Å². The predicted molar refractivity (Wildman–Crippen MR) is 80.2 cm³/mol. The van der Waals surface area contributed by atoms with E-state index in [1.807, 2.05) is 13.8 Å². The predicted octanol–water partition coefficient (Wildman–Crippen LogP) is 3.61. The maximum Gasteiger partial charge on any atom is 0.0710 e. The van der Waals surface area contributed by atoms with E-state index in [1.54, 1.807) is 11.8 Å². The van der Waals surface area contributed by atoms with Crippen LogP contribution in [-0.4, -0.2) is 23.0 Å². The maximum absolute atomic E-state index is 9.97. The molecule has 0 aliphatic carbocycles. The summed E-state index contributed by atoms with van der Waals surface area (Å²) in [6, 6.07) is 9.00. The Labute approximate surface area is 115 Å². The van der Waals surface area contributed by atoms with Crippen molar-refractivity contribution >= 4 is 11.8 Å². The molecule has 0 aromatic heterocycles. The van der Waals surface area contributed by atoms with Crippen LogP contribution in [0.25, 0.3) is 0 Å². The highest BCUT2D eigenvalue weighted by atomic mass is 32.2. The van der Waals surface area contributed by atoms with Gasteiger partial charge in [-0.25, -0.2) is 0 Å². The van der Waals surface area contributed by atoms with Gasteiger partial charge >= 0.3 is 0 Å². The molecule has 0 fully saturated rings. The van der Waals surface area contributed by atoms with Gasteiger partial charge in [-0.2, -0.15) is 0 Å². The molecule has 2 N–H and O–H groups in total. The van der Waals surface area contributed by atoms with Crippen LogP contribution in [0.1, 0.15) is 45.7 Å². The first-order valence-electron chi connectivity index (χ1n) is 6.67. The van der Waals surface area contributed by atoms with Crippen LogP contribution >= 0.6 is 11.8 Å². The van der Waals surface area contributed by atoms with Crippen molar-refractivity contribution in [3.05, 3.63) is 29.8 Å². The highest BCUT2D eigenvalue weighted by molar-refractivity contribution is 7.99. The van der Waals surface area contributed by atoms with Gasteiger partial charge in [0, 0.05) is 16.7 Å². The Hall–Kier alpha value is -0.510. The van der Waals surface area contributed by atoms with Gasteiger partial charge in [-0.05, 0) is 44.5 Å². The highest BCUT2D eigenvalue weighted by Gasteiger charge is 2.17. The Balaban J connectivity index is 2.55. The molecule has 1 aromatic carbocycles. The minimum absolute atomic E-state index is 0.396. The summed E-state index contributed by atoms with van der Waals surface area (Å²) >= 11 is 1.72. The van der Waals surface area contributed by atoms with E-state index in [2.05, 4.69) is 43.4 Å². The molecule has 0 bridgehead atoms. The first-order chi connectivity index (χ1) is 8.48. The fourth-order valence-corrected chi connectivity index (χ4v) is 2.63. The molecule has 0 saturated heterocycles. The lowest BCUT2D eigenvalue weighted by atomic mass is 10.1. The molecule has 2 unspecified atom stereocenters. The van der Waals surface area contributed by atoms with E-state index in [0.717, 1.165) is 18.7 Å². The normalized spacial score (nSPS) is 16.3. The second-order valence-corrected chi connectivity index (χ2v) is 6.04. The van der Waals surface area contributed by atoms with Gasteiger partial charge < -0.3 is 10.4 Å². The first kappa shape index (κ1) is 15.5. The number of nitrogens with one attached hydrogen (secondary N) is 1. The van der Waals surface area contributed by atoms with Crippen LogP contribution in [0.4, 0.5) is 0 Å². The zero-order valence-electron chi connectivity index (χ0n) is 11.9. The average Bonchev–Trinajstić information content (AvgIpc) is 2.37. The fraction of sp³-hybridized carbons (Fsp3) is 0.600. The van der Waals surface area contributed by atoms with Crippen molar-refractivity contribution in [2.45, 2.75) is 50.7 Å². The Kier molecular flexibility index (Phi) is 6.19. The lowest BCUT2D eigenvalue weighted by Crippen LogP contribution is -2.25. The molecule has 0 amide bonds. The molecule has 0 aliphatic heterocycles. The van der Waals surface area contributed by atoms with E-state index in [4.69, 9.17) is 0 Å². The summed E-state index contributed by atoms with van der Waals surface area (Å²) in [4.78, 5) is 1.22. The van der Waals surface area contributed by atoms with E-state index in [9.17, 15) is 5.11 Å². The standard InChI is InChI=1S/C15H25NOS/c1-5-15(4,17)11-18-14-9-7-13(8-10-14)12(3)16-6-2/h7-10,12,16-17H,5-6,11H2,1-4H3. The van der Waals surface area contributed by atoms with Gasteiger partial charge in [-0.3, -0.25) is 0 Å². The smallest absolute Gasteiger partial charge is 0.0710 e. The molecule has 0 saturated carbocycles. The molecule has 3 heteroatoms. The number of hydrogen-bond acceptors (Lipinski definition) is 3. The third-order valence-corrected chi connectivity index (χ3v) is 4.57. The van der Waals surface area contributed by atoms with Crippen molar-refractivity contribution < 1.29 is 5.11 Å². The summed E-state index contributed by atoms with van der Waals surface area (Å²) in [7, 11) is 0. The lowest BCUT2D eigenvalue weighted by Gasteiger charge is -2.20. The fourth-order valence-electron chi connectivity index (χ4n) is 1.62. The third kappa shape index (κ3) is 5.01. The third-order valence-electron chi connectivity index (χ3n) is 3.20. The van der Waals surface area contributed by atoms with Crippen LogP contribution in [0.2, 0.25) is 0 Å². The van der Waals surface area contributed by atoms with Crippen LogP contribution in [0, 0.1) is 0 Å². The van der Waals surface area contributed by atoms with Gasteiger partial charge in [0.2, 0.25) is 0 Å². The van der Waals surface area contributed by atoms with E-state index in [-0.39, 0.29) is 0 Å². The summed E-state index contributed by atoms with van der Waals surface area (Å²) < 4.78 is 0. The number of rotatable bonds is 7. The topological polar surface area (TPSA) is 32.3 Å². The second kappa shape index (κ2) is 7.17. The SMILES string of the molecule is CCNC(C)c1ccc(SCC(C)(O)CC)cc1. The number of benzene rings is 1. The van der Waals surface area contributed by atoms with Gasteiger partial charge in [0.25, 0.3) is 0 Å². The summed E-state index contributed by atoms with van der Waals surface area (Å²) in [5.41, 5.74) is 0.740. The average molecular weight is 267 g/mol. The maximum atomic E-state index is 9.97. The molecule has 0 aliphatic rings. The molecule has 2 atom stereocenters. The van der Waals surface area contributed by atoms with E-state index in [0.29, 0.717) is 6.04 Å². The quantitative estimate of drug-likeness (QED) is 0.740. The minimum Gasteiger partial charge on any atom is -0.389 e. The summed E-state index contributed by atoms with van der Waals surface area (Å²) in [6.07, 6.45) is 0.787. The van der Waals surface area contributed by atoms with Crippen molar-refractivity contribution in [2.24, 2.45) is 0 Å². The Bertz CT molecular complexity index is 348. The Morgan fingerprint density at radius 3 is 2.39 bits per heavy atom. The summed E-state index contributed by atoms with van der Waals surface area (Å²) in [5.74, 6) is 0.742. The van der Waals surface area contributed by atoms with Crippen LogP contribution < -0.4 is 5.32 Å². The first-order valence-corrected chi connectivity index (χ1v) is 7.65. The zero-order valence-corrected chi connectivity index (χ0v) is 12.7. The van der Waals surface area contributed by atoms with E-state index >= 15 is 0 Å². The molecule has 102 valence electrons. The van der Waals surface area contributed by atoms with Crippen molar-refractivity contribution in [3.63, 3.8) is 0 Å². The monoisotopic (exact) mass is 267 g/mol. The molecule has 0 heterocycles. The zero-order chi connectivity index (χ0) is 13.6. The van der Waals surface area contributed by atoms with Crippen LogP contribution in [0.5, 0.6) is 0 Å². The van der Waals surface area contributed by atoms with Crippen molar-refractivity contribution in [1.29, 1.82) is 0 Å². The Morgan fingerprint density at radius 2 is 1.89 bits per heavy atom. The van der Waals surface area contributed by atoms with Crippen molar-refractivity contribution in [3.8, 4) is 0 Å². The minimum atomic E-state index is -0.569. The van der Waals surface area contributed by atoms with Gasteiger partial charge in [-0.15, -0.1) is 11.8 Å². The van der Waals surface area contributed by atoms with Crippen LogP contribution in [-0.2, 0) is 0 Å². The lowest BCUT2D eigenvalue weighted by molar-refractivity contribution is 0.0816. The molecule has 0 spiro atoms. The number of aliphatic hydroxyl groups is 1. The second-order valence-electron chi connectivity index (χ2n) is 4.99. The summed E-state index contributed by atoms with van der Waals surface area (Å²) in [5, 5.41) is 13.4. The van der Waals surface area contributed by atoms with Crippen LogP contribution in [0.3, 0.4) is 0 Å². The molecular weight excluding hydrogens is 242 g/mol. The van der Waals surface area contributed by atoms with Gasteiger partial charge in [0.15, 0.2) is 0 Å². The molecular formula is C15H25NOS. The van der Waals surface area contributed by atoms with Crippen molar-refractivity contribution in [1.82, 2.24) is 5.32 Å². The van der Waals surface area contributed by atoms with E-state index in [1.165, 1.54) is 10.5 Å². The number of thioether (sulfide) groups is 1. The van der Waals surface area contributed by atoms with Gasteiger partial charge in [0.1, 0.15) is 0 Å². The largest absolute Gasteiger partial charge is 0.389 e. The summed E-state index contributed by atoms with van der Waals surface area (Å²) in [6.45, 7) is 9.18. The van der Waals surface area contributed by atoms with Gasteiger partial charge in [0.05, 0.1) is 5.60 Å². The number of hydrogen-bond donors (Lipinski definition) is 2. The van der Waals surface area contributed by atoms with Crippen LogP contribution in [0.15, 0.2) is 29.2 Å². The molecule has 0 radical (unpaired) electrons. The molecule has 2 nitrogen and oxygen atoms in total. The molecule has 1 aromatic rings. The molecule has 1 rings (SSSR count). The van der Waals surface area contributed by atoms with Gasteiger partial charge in [-0.1, -0.05) is 26.0 Å².